The largest absolute Gasteiger partial charge is 0.480 e. The maximum absolute atomic E-state index is 14.4. The predicted octanol–water partition coefficient (Wildman–Crippen LogP) is -5.94. The number of β-amino-alcohol motifs (C(OH)–C–C–N with tert-alkyl or cyclic N) is 1. The fourth-order valence-corrected chi connectivity index (χ4v) is 10.1. The Bertz CT molecular complexity index is 2800. The molecule has 2 heterocycles. The molecule has 2 fully saturated rings. The van der Waals surface area contributed by atoms with Crippen molar-refractivity contribution < 1.29 is 63.3 Å². The monoisotopic (exact) mass is 1250 g/mol. The number of carbonyl (C=O) groups is 10. The fourth-order valence-electron chi connectivity index (χ4n) is 10.1. The number of carboxylic acid groups (broad SMARTS) is 1. The van der Waals surface area contributed by atoms with Crippen molar-refractivity contribution in [3.63, 3.8) is 0 Å². The van der Waals surface area contributed by atoms with Crippen molar-refractivity contribution in [3.05, 3.63) is 71.8 Å². The lowest BCUT2D eigenvalue weighted by Crippen LogP contribution is -2.60. The molecule has 0 aromatic heterocycles. The van der Waals surface area contributed by atoms with E-state index in [1.807, 2.05) is 0 Å². The van der Waals surface area contributed by atoms with Crippen molar-refractivity contribution in [1.29, 1.82) is 0 Å². The van der Waals surface area contributed by atoms with Crippen LogP contribution in [0.2, 0.25) is 0 Å². The number of aliphatic imine (C=N–C) groups is 3. The van der Waals surface area contributed by atoms with Crippen molar-refractivity contribution >= 4 is 77.0 Å². The summed E-state index contributed by atoms with van der Waals surface area (Å²) in [4.78, 5) is 152. The first-order valence-corrected chi connectivity index (χ1v) is 29.5. The maximum atomic E-state index is 14.4. The van der Waals surface area contributed by atoms with Crippen LogP contribution in [-0.4, -0.2) is 208 Å². The first kappa shape index (κ1) is 72.3. The van der Waals surface area contributed by atoms with Gasteiger partial charge in [0.2, 0.25) is 53.2 Å². The summed E-state index contributed by atoms with van der Waals surface area (Å²) < 4.78 is 0. The number of nitrogens with zero attached hydrogens (tertiary/aromatic N) is 5. The van der Waals surface area contributed by atoms with Gasteiger partial charge in [-0.25, -0.2) is 4.79 Å². The molecule has 2 aromatic carbocycles. The lowest BCUT2D eigenvalue weighted by molar-refractivity contribution is -0.148. The number of hydrogen-bond donors (Lipinski definition) is 17. The summed E-state index contributed by atoms with van der Waals surface area (Å²) in [6.07, 6.45) is -0.0570. The van der Waals surface area contributed by atoms with Crippen LogP contribution in [0.15, 0.2) is 75.6 Å². The van der Waals surface area contributed by atoms with Crippen LogP contribution < -0.4 is 77.4 Å². The first-order chi connectivity index (χ1) is 42.3. The third kappa shape index (κ3) is 24.9. The van der Waals surface area contributed by atoms with Gasteiger partial charge in [0.25, 0.3) is 0 Å². The summed E-state index contributed by atoms with van der Waals surface area (Å²) >= 11 is 0. The number of guanidine groups is 3. The molecule has 2 aliphatic rings. The Hall–Kier alpha value is -9.17. The van der Waals surface area contributed by atoms with Crippen molar-refractivity contribution in [2.45, 2.75) is 151 Å². The van der Waals surface area contributed by atoms with Crippen molar-refractivity contribution in [2.75, 3.05) is 45.9 Å². The Morgan fingerprint density at radius 3 is 1.56 bits per heavy atom. The second-order valence-electron chi connectivity index (χ2n) is 22.2. The number of likely N-dealkylation sites (tertiary alicyclic amines) is 2. The van der Waals surface area contributed by atoms with Gasteiger partial charge in [-0.1, -0.05) is 74.5 Å². The van der Waals surface area contributed by atoms with Gasteiger partial charge in [0.15, 0.2) is 17.9 Å². The van der Waals surface area contributed by atoms with Crippen LogP contribution in [0.3, 0.4) is 0 Å². The van der Waals surface area contributed by atoms with Crippen LogP contribution in [0, 0.1) is 5.92 Å². The number of carbonyl (C=O) groups excluding carboxylic acids is 9. The molecular formula is C57H89N19O13. The zero-order valence-corrected chi connectivity index (χ0v) is 50.3. The highest BCUT2D eigenvalue weighted by molar-refractivity contribution is 5.98. The molecule has 32 nitrogen and oxygen atoms in total. The molecule has 2 aromatic rings. The summed E-state index contributed by atoms with van der Waals surface area (Å²) in [6, 6.07) is 5.02. The highest BCUT2D eigenvalue weighted by Crippen LogP contribution is 2.27. The third-order valence-corrected chi connectivity index (χ3v) is 14.5. The minimum atomic E-state index is -1.73. The second-order valence-corrected chi connectivity index (χ2v) is 22.2. The van der Waals surface area contributed by atoms with Gasteiger partial charge in [-0.2, -0.15) is 0 Å². The van der Waals surface area contributed by atoms with E-state index in [-0.39, 0.29) is 121 Å². The number of carboxylic acids is 1. The van der Waals surface area contributed by atoms with Gasteiger partial charge >= 0.3 is 5.97 Å². The molecule has 0 bridgehead atoms. The average molecular weight is 1250 g/mol. The molecule has 0 aliphatic carbocycles. The van der Waals surface area contributed by atoms with Crippen molar-refractivity contribution in [2.24, 2.45) is 61.0 Å². The molecule has 0 spiro atoms. The third-order valence-electron chi connectivity index (χ3n) is 14.5. The molecule has 0 unspecified atom stereocenters. The van der Waals surface area contributed by atoms with E-state index < -0.39 is 133 Å². The summed E-state index contributed by atoms with van der Waals surface area (Å²) in [6.45, 7) is 2.08. The van der Waals surface area contributed by atoms with Gasteiger partial charge in [0.05, 0.1) is 25.3 Å². The van der Waals surface area contributed by atoms with Crippen LogP contribution >= 0.6 is 0 Å². The smallest absolute Gasteiger partial charge is 0.326 e. The van der Waals surface area contributed by atoms with E-state index in [1.165, 1.54) is 4.90 Å². The normalized spacial score (nSPS) is 17.6. The van der Waals surface area contributed by atoms with E-state index in [4.69, 9.17) is 40.1 Å². The molecule has 2 aliphatic heterocycles. The van der Waals surface area contributed by atoms with Crippen LogP contribution in [0.5, 0.6) is 0 Å². The van der Waals surface area contributed by atoms with E-state index in [0.29, 0.717) is 24.0 Å². The number of aliphatic carboxylic acids is 1. The molecule has 10 atom stereocenters. The number of aliphatic hydroxyl groups is 2. The molecule has 0 radical (unpaired) electrons. The molecule has 89 heavy (non-hydrogen) atoms. The Balaban J connectivity index is 1.47. The van der Waals surface area contributed by atoms with Gasteiger partial charge in [0, 0.05) is 52.0 Å². The van der Waals surface area contributed by atoms with Crippen LogP contribution in [0.4, 0.5) is 0 Å². The molecule has 2 saturated heterocycles. The molecular weight excluding hydrogens is 1160 g/mol. The lowest BCUT2D eigenvalue weighted by Gasteiger charge is -2.33. The second kappa shape index (κ2) is 36.9. The predicted molar refractivity (Wildman–Crippen MR) is 328 cm³/mol. The molecule has 32 heteroatoms. The summed E-state index contributed by atoms with van der Waals surface area (Å²) in [5.41, 5.74) is 39.8. The quantitative estimate of drug-likeness (QED) is 0.0172. The first-order valence-electron chi connectivity index (χ1n) is 29.5. The summed E-state index contributed by atoms with van der Waals surface area (Å²) in [5, 5.41) is 49.1. The van der Waals surface area contributed by atoms with Gasteiger partial charge in [-0.15, -0.1) is 0 Å². The maximum Gasteiger partial charge on any atom is 0.326 e. The zero-order valence-electron chi connectivity index (χ0n) is 50.3. The van der Waals surface area contributed by atoms with Crippen LogP contribution in [0.25, 0.3) is 0 Å². The van der Waals surface area contributed by atoms with Crippen LogP contribution in [0.1, 0.15) is 89.2 Å². The van der Waals surface area contributed by atoms with E-state index in [0.717, 1.165) is 4.90 Å². The number of aliphatic hydroxyl groups excluding tert-OH is 2. The number of nitrogens with two attached hydrogens (primary N) is 7. The molecule has 490 valence electrons. The molecule has 4 rings (SSSR count). The van der Waals surface area contributed by atoms with E-state index >= 15 is 0 Å². The minimum Gasteiger partial charge on any atom is -0.480 e. The molecule has 0 saturated carbocycles. The van der Waals surface area contributed by atoms with Crippen molar-refractivity contribution in [1.82, 2.24) is 47.0 Å². The standard InChI is InChI=1S/C57H89N19O13/c1-32(2)25-39(47(81)71-38(54(88)89)19-11-23-67-57(63)64)72-49(83)41(27-34-15-7-4-8-16-34)73-50(84)42(31-77)74-48(82)40(26-33-13-5-3-6-14-33)69-45(79)29-68-51(85)44-28-35(78)30-76(44)53(87)43-20-12-24-75(43)52(86)37(18-10-22-66-56(61)62)70-46(80)36(58)17-9-21-65-55(59)60/h3-8,13-16,32,35-44,77-78H,9-12,17-31,58H2,1-2H3,(H,68,85)(H,69,79)(H,70,80)(H,71,81)(H,72,83)(H,73,84)(H,74,82)(H,88,89)(H4,59,60,65)(H4,61,62,66)(H4,63,64,67)/t35-,36-,37+,38+,39+,40+,41-,42+,43+,44+/m1/s1. The van der Waals surface area contributed by atoms with Crippen LogP contribution in [-0.2, 0) is 60.8 Å². The Morgan fingerprint density at radius 1 is 0.584 bits per heavy atom. The Kier molecular flexibility index (Phi) is 29.9. The SMILES string of the molecule is CC(C)C[C@H](NC(=O)[C@@H](Cc1ccccc1)NC(=O)[C@H](CO)NC(=O)[C@H](Cc1ccccc1)NC(=O)CNC(=O)[C@@H]1C[C@@H](O)CN1C(=O)[C@@H]1CCCN1C(=O)[C@H](CCCN=C(N)N)NC(=O)[C@H](N)CCCN=C(N)N)C(=O)N[C@@H](CCCN=C(N)N)C(=O)O. The number of nitrogens with one attached hydrogen (secondary N) is 7. The van der Waals surface area contributed by atoms with Crippen molar-refractivity contribution in [3.8, 4) is 0 Å². The van der Waals surface area contributed by atoms with E-state index in [2.05, 4.69) is 52.2 Å². The number of amides is 9. The summed E-state index contributed by atoms with van der Waals surface area (Å²) in [5.74, 6) is -9.32. The lowest BCUT2D eigenvalue weighted by atomic mass is 10.00. The minimum absolute atomic E-state index is 0.0438. The average Bonchev–Trinajstić information content (AvgIpc) is 2.26. The summed E-state index contributed by atoms with van der Waals surface area (Å²) in [7, 11) is 0. The number of hydrogen-bond acceptors (Lipinski definition) is 16. The Morgan fingerprint density at radius 2 is 1.04 bits per heavy atom. The highest BCUT2D eigenvalue weighted by atomic mass is 16.4. The number of benzene rings is 2. The fraction of sp³-hybridized carbons (Fsp3) is 0.561. The number of rotatable bonds is 36. The van der Waals surface area contributed by atoms with E-state index in [9.17, 15) is 63.3 Å². The van der Waals surface area contributed by atoms with Gasteiger partial charge in [0.1, 0.15) is 48.3 Å². The molecule has 24 N–H and O–H groups in total. The highest BCUT2D eigenvalue weighted by Gasteiger charge is 2.46. The Labute approximate surface area is 515 Å². The zero-order chi connectivity index (χ0) is 65.7. The van der Waals surface area contributed by atoms with Gasteiger partial charge < -0.3 is 102 Å². The topological polar surface area (TPSA) is 541 Å². The molecule has 9 amide bonds. The van der Waals surface area contributed by atoms with Gasteiger partial charge in [-0.05, 0) is 74.8 Å². The van der Waals surface area contributed by atoms with E-state index in [1.54, 1.807) is 74.5 Å². The van der Waals surface area contributed by atoms with Gasteiger partial charge in [-0.3, -0.25) is 58.1 Å².